The van der Waals surface area contributed by atoms with Gasteiger partial charge in [-0.1, -0.05) is 59.7 Å². The van der Waals surface area contributed by atoms with Crippen molar-refractivity contribution in [2.75, 3.05) is 0 Å². The van der Waals surface area contributed by atoms with Crippen molar-refractivity contribution in [2.45, 2.75) is 33.2 Å². The summed E-state index contributed by atoms with van der Waals surface area (Å²) in [6, 6.07) is 15.6. The first-order chi connectivity index (χ1) is 11.4. The van der Waals surface area contributed by atoms with Gasteiger partial charge in [-0.05, 0) is 37.8 Å². The summed E-state index contributed by atoms with van der Waals surface area (Å²) in [5.41, 5.74) is 4.14. The molecule has 0 aliphatic heterocycles. The molecule has 24 heavy (non-hydrogen) atoms. The first-order valence-electron chi connectivity index (χ1n) is 8.02. The molecule has 0 unspecified atom stereocenters. The van der Waals surface area contributed by atoms with Crippen molar-refractivity contribution in [1.29, 1.82) is 0 Å². The van der Waals surface area contributed by atoms with E-state index in [2.05, 4.69) is 5.32 Å². The first-order valence-corrected chi connectivity index (χ1v) is 8.02. The maximum Gasteiger partial charge on any atom is 0.224 e. The number of carbonyl (C=O) groups is 2. The molecule has 1 atom stereocenters. The van der Waals surface area contributed by atoms with E-state index in [0.717, 1.165) is 22.3 Å². The van der Waals surface area contributed by atoms with Gasteiger partial charge in [0.1, 0.15) is 0 Å². The highest BCUT2D eigenvalue weighted by Gasteiger charge is 2.19. The molecule has 2 aromatic rings. The van der Waals surface area contributed by atoms with Crippen LogP contribution in [0.3, 0.4) is 0 Å². The summed E-state index contributed by atoms with van der Waals surface area (Å²) < 4.78 is 0. The highest BCUT2D eigenvalue weighted by atomic mass is 16.4. The third-order valence-electron chi connectivity index (χ3n) is 3.86. The third kappa shape index (κ3) is 5.54. The van der Waals surface area contributed by atoms with E-state index in [-0.39, 0.29) is 12.3 Å². The Hall–Kier alpha value is -2.62. The summed E-state index contributed by atoms with van der Waals surface area (Å²) >= 11 is 0. The Morgan fingerprint density at radius 2 is 1.62 bits per heavy atom. The lowest BCUT2D eigenvalue weighted by molar-refractivity contribution is -0.306. The number of amides is 1. The Morgan fingerprint density at radius 1 is 1.00 bits per heavy atom. The normalized spacial score (nSPS) is 11.8. The predicted molar refractivity (Wildman–Crippen MR) is 91.0 cm³/mol. The molecule has 4 heteroatoms. The monoisotopic (exact) mass is 324 g/mol. The lowest BCUT2D eigenvalue weighted by Gasteiger charge is -2.18. The van der Waals surface area contributed by atoms with Gasteiger partial charge < -0.3 is 15.2 Å². The van der Waals surface area contributed by atoms with Crippen molar-refractivity contribution in [3.05, 3.63) is 70.8 Å². The highest BCUT2D eigenvalue weighted by Crippen LogP contribution is 2.16. The number of carbonyl (C=O) groups excluding carboxylic acids is 2. The van der Waals surface area contributed by atoms with E-state index in [4.69, 9.17) is 0 Å². The molecule has 0 aliphatic rings. The second-order valence-electron chi connectivity index (χ2n) is 6.18. The van der Waals surface area contributed by atoms with Crippen molar-refractivity contribution in [1.82, 2.24) is 5.32 Å². The Bertz CT molecular complexity index is 690. The number of rotatable bonds is 7. The van der Waals surface area contributed by atoms with Gasteiger partial charge in [-0.25, -0.2) is 0 Å². The van der Waals surface area contributed by atoms with Gasteiger partial charge in [0.05, 0.1) is 0 Å². The van der Waals surface area contributed by atoms with Gasteiger partial charge in [0.15, 0.2) is 0 Å². The van der Waals surface area contributed by atoms with E-state index >= 15 is 0 Å². The Morgan fingerprint density at radius 3 is 2.21 bits per heavy atom. The third-order valence-corrected chi connectivity index (χ3v) is 3.86. The number of benzene rings is 2. The minimum Gasteiger partial charge on any atom is -0.550 e. The van der Waals surface area contributed by atoms with Crippen LogP contribution in [-0.2, 0) is 22.6 Å². The van der Waals surface area contributed by atoms with E-state index < -0.39 is 11.9 Å². The van der Waals surface area contributed by atoms with Crippen LogP contribution >= 0.6 is 0 Å². The zero-order chi connectivity index (χ0) is 17.5. The van der Waals surface area contributed by atoms with Crippen LogP contribution in [0.1, 0.15) is 28.7 Å². The van der Waals surface area contributed by atoms with E-state index in [1.807, 2.05) is 62.4 Å². The first kappa shape index (κ1) is 17.7. The fourth-order valence-corrected chi connectivity index (χ4v) is 2.86. The van der Waals surface area contributed by atoms with Gasteiger partial charge in [0.2, 0.25) is 5.91 Å². The standard InChI is InChI=1S/C20H23NO3/c1-14-8-15(2)10-17(9-14)11-18(12-19(22)23)20(24)21-13-16-6-4-3-5-7-16/h3-10,18H,11-13H2,1-2H3,(H,21,24)(H,22,23)/p-1/t18-/m1/s1. The number of aryl methyl sites for hydroxylation is 2. The minimum absolute atomic E-state index is 0.262. The van der Waals surface area contributed by atoms with Crippen molar-refractivity contribution in [3.8, 4) is 0 Å². The summed E-state index contributed by atoms with van der Waals surface area (Å²) in [4.78, 5) is 23.4. The lowest BCUT2D eigenvalue weighted by atomic mass is 9.93. The van der Waals surface area contributed by atoms with Crippen molar-refractivity contribution in [2.24, 2.45) is 5.92 Å². The van der Waals surface area contributed by atoms with Crippen LogP contribution in [0.5, 0.6) is 0 Å². The predicted octanol–water partition coefficient (Wildman–Crippen LogP) is 1.92. The lowest BCUT2D eigenvalue weighted by Crippen LogP contribution is -2.36. The minimum atomic E-state index is -1.21. The molecule has 0 spiro atoms. The molecular weight excluding hydrogens is 302 g/mol. The molecule has 4 nitrogen and oxygen atoms in total. The fourth-order valence-electron chi connectivity index (χ4n) is 2.86. The fraction of sp³-hybridized carbons (Fsp3) is 0.300. The summed E-state index contributed by atoms with van der Waals surface area (Å²) in [5.74, 6) is -2.11. The van der Waals surface area contributed by atoms with Crippen LogP contribution in [0.15, 0.2) is 48.5 Å². The largest absolute Gasteiger partial charge is 0.550 e. The molecule has 2 rings (SSSR count). The molecule has 0 saturated heterocycles. The molecular formula is C20H22NO3-. The average molecular weight is 324 g/mol. The summed E-state index contributed by atoms with van der Waals surface area (Å²) in [5, 5.41) is 13.8. The van der Waals surface area contributed by atoms with Crippen LogP contribution in [0.4, 0.5) is 0 Å². The van der Waals surface area contributed by atoms with Gasteiger partial charge in [-0.15, -0.1) is 0 Å². The Balaban J connectivity index is 2.06. The molecule has 0 bridgehead atoms. The Kier molecular flexibility index (Phi) is 6.13. The van der Waals surface area contributed by atoms with Crippen molar-refractivity contribution in [3.63, 3.8) is 0 Å². The van der Waals surface area contributed by atoms with E-state index in [9.17, 15) is 14.7 Å². The zero-order valence-corrected chi connectivity index (χ0v) is 14.0. The number of carboxylic acids is 1. The molecule has 0 radical (unpaired) electrons. The number of hydrogen-bond acceptors (Lipinski definition) is 3. The summed E-state index contributed by atoms with van der Waals surface area (Å²) in [6.45, 7) is 4.36. The number of aliphatic carboxylic acids is 1. The Labute approximate surface area is 142 Å². The van der Waals surface area contributed by atoms with E-state index in [1.54, 1.807) is 0 Å². The van der Waals surface area contributed by atoms with E-state index in [0.29, 0.717) is 13.0 Å². The molecule has 0 fully saturated rings. The molecule has 2 aromatic carbocycles. The molecule has 126 valence electrons. The molecule has 1 N–H and O–H groups in total. The van der Waals surface area contributed by atoms with Gasteiger partial charge in [0, 0.05) is 18.4 Å². The van der Waals surface area contributed by atoms with Gasteiger partial charge in [-0.2, -0.15) is 0 Å². The number of nitrogens with one attached hydrogen (secondary N) is 1. The second-order valence-corrected chi connectivity index (χ2v) is 6.18. The topological polar surface area (TPSA) is 69.2 Å². The second kappa shape index (κ2) is 8.29. The molecule has 1 amide bonds. The molecule has 0 aromatic heterocycles. The quantitative estimate of drug-likeness (QED) is 0.846. The van der Waals surface area contributed by atoms with Gasteiger partial charge >= 0.3 is 0 Å². The van der Waals surface area contributed by atoms with Gasteiger partial charge in [0.25, 0.3) is 0 Å². The van der Waals surface area contributed by atoms with Crippen LogP contribution in [0.25, 0.3) is 0 Å². The smallest absolute Gasteiger partial charge is 0.224 e. The van der Waals surface area contributed by atoms with Crippen LogP contribution < -0.4 is 10.4 Å². The highest BCUT2D eigenvalue weighted by molar-refractivity contribution is 5.83. The zero-order valence-electron chi connectivity index (χ0n) is 14.0. The molecule has 0 saturated carbocycles. The van der Waals surface area contributed by atoms with Crippen LogP contribution in [-0.4, -0.2) is 11.9 Å². The average Bonchev–Trinajstić information content (AvgIpc) is 2.51. The molecule has 0 heterocycles. The maximum atomic E-state index is 12.4. The van der Waals surface area contributed by atoms with Crippen LogP contribution in [0.2, 0.25) is 0 Å². The maximum absolute atomic E-state index is 12.4. The number of hydrogen-bond donors (Lipinski definition) is 1. The summed E-state index contributed by atoms with van der Waals surface area (Å²) in [6.07, 6.45) is 0.102. The van der Waals surface area contributed by atoms with E-state index in [1.165, 1.54) is 0 Å². The SMILES string of the molecule is Cc1cc(C)cc(C[C@H](CC(=O)[O-])C(=O)NCc2ccccc2)c1. The molecule has 0 aliphatic carbocycles. The number of carboxylic acid groups (broad SMARTS) is 1. The van der Waals surface area contributed by atoms with Crippen LogP contribution in [0, 0.1) is 19.8 Å². The van der Waals surface area contributed by atoms with Crippen molar-refractivity contribution >= 4 is 11.9 Å². The summed E-state index contributed by atoms with van der Waals surface area (Å²) in [7, 11) is 0. The van der Waals surface area contributed by atoms with Gasteiger partial charge in [-0.3, -0.25) is 4.79 Å². The van der Waals surface area contributed by atoms with Crippen molar-refractivity contribution < 1.29 is 14.7 Å².